The summed E-state index contributed by atoms with van der Waals surface area (Å²) < 4.78 is 0. The minimum atomic E-state index is -0.523. The summed E-state index contributed by atoms with van der Waals surface area (Å²) in [7, 11) is -0.523. The van der Waals surface area contributed by atoms with Gasteiger partial charge < -0.3 is 0 Å². The lowest BCUT2D eigenvalue weighted by atomic mass is 9.95. The van der Waals surface area contributed by atoms with Crippen molar-refractivity contribution >= 4 is 8.80 Å². The van der Waals surface area contributed by atoms with E-state index in [0.717, 1.165) is 5.54 Å². The number of allylic oxidation sites excluding steroid dienone is 4. The SMILES string of the molecule is C[SiH](C)C1C=C2CCCCCCCCCCC2=C1. The van der Waals surface area contributed by atoms with E-state index >= 15 is 0 Å². The summed E-state index contributed by atoms with van der Waals surface area (Å²) in [6.07, 6.45) is 19.6. The van der Waals surface area contributed by atoms with E-state index in [1.54, 1.807) is 11.1 Å². The van der Waals surface area contributed by atoms with Crippen molar-refractivity contribution in [1.29, 1.82) is 0 Å². The van der Waals surface area contributed by atoms with Crippen LogP contribution in [0.25, 0.3) is 0 Å². The first kappa shape index (κ1) is 14.1. The van der Waals surface area contributed by atoms with Crippen LogP contribution in [0.4, 0.5) is 0 Å². The zero-order chi connectivity index (χ0) is 12.8. The molecule has 0 unspecified atom stereocenters. The van der Waals surface area contributed by atoms with Crippen LogP contribution in [0.5, 0.6) is 0 Å². The summed E-state index contributed by atoms with van der Waals surface area (Å²) in [6, 6.07) is 0. The van der Waals surface area contributed by atoms with Gasteiger partial charge in [0.05, 0.1) is 0 Å². The van der Waals surface area contributed by atoms with E-state index in [1.807, 2.05) is 0 Å². The number of fused-ring (bicyclic) bond motifs is 1. The molecule has 1 saturated carbocycles. The van der Waals surface area contributed by atoms with Gasteiger partial charge in [-0.25, -0.2) is 0 Å². The molecule has 1 heteroatoms. The number of rotatable bonds is 1. The molecule has 0 aromatic rings. The van der Waals surface area contributed by atoms with Gasteiger partial charge in [-0.2, -0.15) is 0 Å². The molecule has 0 amide bonds. The maximum Gasteiger partial charge on any atom is 0.0428 e. The van der Waals surface area contributed by atoms with Gasteiger partial charge in [0.1, 0.15) is 0 Å². The van der Waals surface area contributed by atoms with Gasteiger partial charge in [0.25, 0.3) is 0 Å². The summed E-state index contributed by atoms with van der Waals surface area (Å²) in [5, 5.41) is 0. The Morgan fingerprint density at radius 3 is 1.50 bits per heavy atom. The smallest absolute Gasteiger partial charge is 0.0428 e. The van der Waals surface area contributed by atoms with Gasteiger partial charge in [0.15, 0.2) is 0 Å². The Hall–Kier alpha value is -0.303. The standard InChI is InChI=1S/C17H30Si/c1-18(2)17-13-15-11-9-7-5-3-4-6-8-10-12-16(15)14-17/h13-14,17-18H,3-12H2,1-2H3. The van der Waals surface area contributed by atoms with Crippen LogP contribution in [0, 0.1) is 0 Å². The van der Waals surface area contributed by atoms with Crippen molar-refractivity contribution < 1.29 is 0 Å². The molecule has 0 spiro atoms. The van der Waals surface area contributed by atoms with Gasteiger partial charge in [-0.1, -0.05) is 63.8 Å². The van der Waals surface area contributed by atoms with E-state index < -0.39 is 8.80 Å². The molecule has 0 aromatic heterocycles. The van der Waals surface area contributed by atoms with Crippen LogP contribution in [0.1, 0.15) is 64.2 Å². The Labute approximate surface area is 115 Å². The maximum atomic E-state index is 2.64. The molecule has 0 aromatic carbocycles. The monoisotopic (exact) mass is 262 g/mol. The molecular formula is C17H30Si. The molecule has 2 rings (SSSR count). The minimum Gasteiger partial charge on any atom is -0.0772 e. The largest absolute Gasteiger partial charge is 0.0772 e. The van der Waals surface area contributed by atoms with Crippen molar-refractivity contribution in [3.63, 3.8) is 0 Å². The first-order chi connectivity index (χ1) is 8.77. The summed E-state index contributed by atoms with van der Waals surface area (Å²) in [6.45, 7) is 4.98. The fourth-order valence-corrected chi connectivity index (χ4v) is 4.53. The van der Waals surface area contributed by atoms with Crippen LogP contribution in [0.3, 0.4) is 0 Å². The van der Waals surface area contributed by atoms with Crippen LogP contribution in [-0.2, 0) is 0 Å². The molecule has 102 valence electrons. The molecule has 0 aliphatic heterocycles. The number of hydrogen-bond acceptors (Lipinski definition) is 0. The van der Waals surface area contributed by atoms with Crippen molar-refractivity contribution in [2.75, 3.05) is 0 Å². The Kier molecular flexibility index (Phi) is 5.74. The van der Waals surface area contributed by atoms with Crippen molar-refractivity contribution in [3.8, 4) is 0 Å². The van der Waals surface area contributed by atoms with E-state index in [0.29, 0.717) is 0 Å². The third kappa shape index (κ3) is 4.12. The quantitative estimate of drug-likeness (QED) is 0.538. The van der Waals surface area contributed by atoms with E-state index in [-0.39, 0.29) is 0 Å². The molecule has 0 N–H and O–H groups in total. The van der Waals surface area contributed by atoms with Gasteiger partial charge in [0, 0.05) is 8.80 Å². The van der Waals surface area contributed by atoms with E-state index in [1.165, 1.54) is 64.2 Å². The van der Waals surface area contributed by atoms with Crippen LogP contribution < -0.4 is 0 Å². The molecule has 2 aliphatic rings. The van der Waals surface area contributed by atoms with Gasteiger partial charge in [-0.15, -0.1) is 0 Å². The highest BCUT2D eigenvalue weighted by molar-refractivity contribution is 6.58. The van der Waals surface area contributed by atoms with Crippen LogP contribution in [-0.4, -0.2) is 8.80 Å². The summed E-state index contributed by atoms with van der Waals surface area (Å²) >= 11 is 0. The van der Waals surface area contributed by atoms with Crippen molar-refractivity contribution in [2.45, 2.75) is 82.8 Å². The first-order valence-electron chi connectivity index (χ1n) is 8.19. The lowest BCUT2D eigenvalue weighted by Gasteiger charge is -2.10. The first-order valence-corrected chi connectivity index (χ1v) is 11.2. The molecule has 0 saturated heterocycles. The van der Waals surface area contributed by atoms with E-state index in [2.05, 4.69) is 25.2 Å². The average Bonchev–Trinajstić information content (AvgIpc) is 2.72. The highest BCUT2D eigenvalue weighted by atomic mass is 28.3. The molecular weight excluding hydrogens is 232 g/mol. The third-order valence-corrected chi connectivity index (χ3v) is 6.54. The summed E-state index contributed by atoms with van der Waals surface area (Å²) in [4.78, 5) is 0. The normalized spacial score (nSPS) is 23.9. The second-order valence-corrected chi connectivity index (χ2v) is 9.79. The second kappa shape index (κ2) is 7.33. The van der Waals surface area contributed by atoms with E-state index in [4.69, 9.17) is 0 Å². The zero-order valence-corrected chi connectivity index (χ0v) is 13.5. The molecule has 18 heavy (non-hydrogen) atoms. The van der Waals surface area contributed by atoms with Gasteiger partial charge in [-0.3, -0.25) is 0 Å². The highest BCUT2D eigenvalue weighted by Crippen LogP contribution is 2.36. The Balaban J connectivity index is 1.98. The fraction of sp³-hybridized carbons (Fsp3) is 0.765. The molecule has 0 heterocycles. The van der Waals surface area contributed by atoms with E-state index in [9.17, 15) is 0 Å². The zero-order valence-electron chi connectivity index (χ0n) is 12.4. The van der Waals surface area contributed by atoms with Gasteiger partial charge in [-0.05, 0) is 42.4 Å². The predicted octanol–water partition coefficient (Wildman–Crippen LogP) is 5.62. The number of hydrogen-bond donors (Lipinski definition) is 0. The van der Waals surface area contributed by atoms with Crippen LogP contribution in [0.2, 0.25) is 18.6 Å². The van der Waals surface area contributed by atoms with Crippen molar-refractivity contribution in [2.24, 2.45) is 0 Å². The lowest BCUT2D eigenvalue weighted by molar-refractivity contribution is 0.559. The molecule has 2 aliphatic carbocycles. The highest BCUT2D eigenvalue weighted by Gasteiger charge is 2.19. The fourth-order valence-electron chi connectivity index (χ4n) is 3.29. The van der Waals surface area contributed by atoms with Crippen LogP contribution >= 0.6 is 0 Å². The lowest BCUT2D eigenvalue weighted by Crippen LogP contribution is -2.05. The average molecular weight is 263 g/mol. The topological polar surface area (TPSA) is 0 Å². The predicted molar refractivity (Wildman–Crippen MR) is 85.0 cm³/mol. The Bertz CT molecular complexity index is 284. The van der Waals surface area contributed by atoms with Crippen molar-refractivity contribution in [1.82, 2.24) is 0 Å². The minimum absolute atomic E-state index is 0.523. The van der Waals surface area contributed by atoms with Gasteiger partial charge >= 0.3 is 0 Å². The Morgan fingerprint density at radius 1 is 0.722 bits per heavy atom. The van der Waals surface area contributed by atoms with Crippen LogP contribution in [0.15, 0.2) is 23.3 Å². The molecule has 0 radical (unpaired) electrons. The summed E-state index contributed by atoms with van der Waals surface area (Å²) in [5.74, 6) is 0. The molecule has 0 atom stereocenters. The molecule has 0 nitrogen and oxygen atoms in total. The molecule has 1 fully saturated rings. The third-order valence-electron chi connectivity index (χ3n) is 4.61. The second-order valence-electron chi connectivity index (χ2n) is 6.53. The maximum absolute atomic E-state index is 2.64. The summed E-state index contributed by atoms with van der Waals surface area (Å²) in [5.41, 5.74) is 4.34. The van der Waals surface area contributed by atoms with Crippen molar-refractivity contribution in [3.05, 3.63) is 23.3 Å². The molecule has 0 bridgehead atoms. The Morgan fingerprint density at radius 2 is 1.11 bits per heavy atom. The van der Waals surface area contributed by atoms with Gasteiger partial charge in [0.2, 0.25) is 0 Å².